The summed E-state index contributed by atoms with van der Waals surface area (Å²) in [4.78, 5) is 2.59. The Hall–Kier alpha value is -0.900. The zero-order chi connectivity index (χ0) is 14.4. The van der Waals surface area contributed by atoms with Crippen LogP contribution in [-0.4, -0.2) is 50.3 Å². The van der Waals surface area contributed by atoms with Crippen LogP contribution in [0.3, 0.4) is 0 Å². The van der Waals surface area contributed by atoms with E-state index in [1.165, 1.54) is 5.56 Å². The van der Waals surface area contributed by atoms with E-state index < -0.39 is 0 Å². The molecule has 1 aromatic carbocycles. The summed E-state index contributed by atoms with van der Waals surface area (Å²) in [6.45, 7) is 8.63. The summed E-state index contributed by atoms with van der Waals surface area (Å²) in [7, 11) is 1.79. The van der Waals surface area contributed by atoms with Crippen molar-refractivity contribution >= 4 is 0 Å². The van der Waals surface area contributed by atoms with Crippen LogP contribution < -0.4 is 5.32 Å². The molecule has 1 heterocycles. The standard InChI is InChI=1S/C17H28N2O/c1-14(2)17-13-19(9-10-20-3)16(12-18-17)11-15-7-5-4-6-8-15/h4-8,14,16-18H,9-13H2,1-3H3. The quantitative estimate of drug-likeness (QED) is 0.862. The van der Waals surface area contributed by atoms with E-state index in [0.29, 0.717) is 18.0 Å². The molecule has 112 valence electrons. The largest absolute Gasteiger partial charge is 0.383 e. The van der Waals surface area contributed by atoms with Gasteiger partial charge in [0.05, 0.1) is 6.61 Å². The predicted octanol–water partition coefficient (Wildman–Crippen LogP) is 2.17. The van der Waals surface area contributed by atoms with Crippen molar-refractivity contribution in [1.82, 2.24) is 10.2 Å². The van der Waals surface area contributed by atoms with Crippen LogP contribution in [0.15, 0.2) is 30.3 Å². The van der Waals surface area contributed by atoms with Gasteiger partial charge < -0.3 is 10.1 Å². The fourth-order valence-corrected chi connectivity index (χ4v) is 2.90. The second-order valence-corrected chi connectivity index (χ2v) is 6.09. The second-order valence-electron chi connectivity index (χ2n) is 6.09. The molecule has 0 spiro atoms. The molecule has 1 aromatic rings. The lowest BCUT2D eigenvalue weighted by atomic mass is 9.96. The molecule has 0 aliphatic carbocycles. The highest BCUT2D eigenvalue weighted by molar-refractivity contribution is 5.16. The summed E-state index contributed by atoms with van der Waals surface area (Å²) in [5, 5.41) is 3.71. The minimum Gasteiger partial charge on any atom is -0.383 e. The highest BCUT2D eigenvalue weighted by atomic mass is 16.5. The van der Waals surface area contributed by atoms with E-state index in [4.69, 9.17) is 4.74 Å². The van der Waals surface area contributed by atoms with Crippen molar-refractivity contribution in [1.29, 1.82) is 0 Å². The van der Waals surface area contributed by atoms with Gasteiger partial charge in [-0.2, -0.15) is 0 Å². The average Bonchev–Trinajstić information content (AvgIpc) is 2.47. The van der Waals surface area contributed by atoms with E-state index in [1.54, 1.807) is 7.11 Å². The summed E-state index contributed by atoms with van der Waals surface area (Å²) >= 11 is 0. The molecule has 0 saturated carbocycles. The molecule has 2 atom stereocenters. The number of hydrogen-bond acceptors (Lipinski definition) is 3. The van der Waals surface area contributed by atoms with Crippen LogP contribution in [0.25, 0.3) is 0 Å². The second kappa shape index (κ2) is 7.77. The van der Waals surface area contributed by atoms with Gasteiger partial charge >= 0.3 is 0 Å². The average molecular weight is 276 g/mol. The maximum Gasteiger partial charge on any atom is 0.0589 e. The van der Waals surface area contributed by atoms with Gasteiger partial charge in [-0.05, 0) is 17.9 Å². The molecule has 0 aromatic heterocycles. The van der Waals surface area contributed by atoms with Gasteiger partial charge in [-0.15, -0.1) is 0 Å². The van der Waals surface area contributed by atoms with Gasteiger partial charge in [0.2, 0.25) is 0 Å². The molecule has 3 heteroatoms. The first-order chi connectivity index (χ1) is 9.70. The summed E-state index contributed by atoms with van der Waals surface area (Å²) < 4.78 is 5.28. The number of benzene rings is 1. The Bertz CT molecular complexity index is 380. The minimum absolute atomic E-state index is 0.572. The first-order valence-electron chi connectivity index (χ1n) is 7.71. The van der Waals surface area contributed by atoms with E-state index in [0.717, 1.165) is 32.7 Å². The minimum atomic E-state index is 0.572. The smallest absolute Gasteiger partial charge is 0.0589 e. The molecule has 20 heavy (non-hydrogen) atoms. The van der Waals surface area contributed by atoms with Crippen LogP contribution >= 0.6 is 0 Å². The third-order valence-corrected chi connectivity index (χ3v) is 4.26. The molecule has 1 aliphatic rings. The maximum absolute atomic E-state index is 5.28. The lowest BCUT2D eigenvalue weighted by Crippen LogP contribution is -2.59. The van der Waals surface area contributed by atoms with Crippen molar-refractivity contribution < 1.29 is 4.74 Å². The number of nitrogens with one attached hydrogen (secondary N) is 1. The fourth-order valence-electron chi connectivity index (χ4n) is 2.90. The lowest BCUT2D eigenvalue weighted by Gasteiger charge is -2.42. The van der Waals surface area contributed by atoms with Crippen molar-refractivity contribution in [2.75, 3.05) is 33.4 Å². The van der Waals surface area contributed by atoms with E-state index in [9.17, 15) is 0 Å². The van der Waals surface area contributed by atoms with Crippen molar-refractivity contribution in [2.45, 2.75) is 32.4 Å². The molecule has 2 rings (SSSR count). The molecule has 0 bridgehead atoms. The predicted molar refractivity (Wildman–Crippen MR) is 84.0 cm³/mol. The summed E-state index contributed by atoms with van der Waals surface area (Å²) in [5.41, 5.74) is 1.42. The van der Waals surface area contributed by atoms with Gasteiger partial charge in [-0.1, -0.05) is 44.2 Å². The number of rotatable bonds is 6. The maximum atomic E-state index is 5.28. The van der Waals surface area contributed by atoms with Crippen molar-refractivity contribution in [3.8, 4) is 0 Å². The molecule has 1 saturated heterocycles. The van der Waals surface area contributed by atoms with Crippen LogP contribution in [0, 0.1) is 5.92 Å². The third-order valence-electron chi connectivity index (χ3n) is 4.26. The lowest BCUT2D eigenvalue weighted by molar-refractivity contribution is 0.0768. The number of piperazine rings is 1. The molecular weight excluding hydrogens is 248 g/mol. The molecule has 1 N–H and O–H groups in total. The number of ether oxygens (including phenoxy) is 1. The fraction of sp³-hybridized carbons (Fsp3) is 0.647. The number of hydrogen-bond donors (Lipinski definition) is 1. The van der Waals surface area contributed by atoms with E-state index in [-0.39, 0.29) is 0 Å². The van der Waals surface area contributed by atoms with Crippen molar-refractivity contribution in [3.05, 3.63) is 35.9 Å². The van der Waals surface area contributed by atoms with Gasteiger partial charge in [0.25, 0.3) is 0 Å². The Morgan fingerprint density at radius 3 is 2.70 bits per heavy atom. The first-order valence-corrected chi connectivity index (χ1v) is 7.71. The van der Waals surface area contributed by atoms with Crippen molar-refractivity contribution in [2.24, 2.45) is 5.92 Å². The van der Waals surface area contributed by atoms with Gasteiger partial charge in [0.1, 0.15) is 0 Å². The van der Waals surface area contributed by atoms with Gasteiger partial charge in [0.15, 0.2) is 0 Å². The Kier molecular flexibility index (Phi) is 6.02. The molecule has 3 nitrogen and oxygen atoms in total. The molecule has 0 amide bonds. The number of methoxy groups -OCH3 is 1. The monoisotopic (exact) mass is 276 g/mol. The SMILES string of the molecule is COCCN1CC(C(C)C)NCC1Cc1ccccc1. The third kappa shape index (κ3) is 4.30. The van der Waals surface area contributed by atoms with Crippen LogP contribution in [-0.2, 0) is 11.2 Å². The van der Waals surface area contributed by atoms with E-state index >= 15 is 0 Å². The highest BCUT2D eigenvalue weighted by Gasteiger charge is 2.28. The zero-order valence-electron chi connectivity index (χ0n) is 13.0. The molecule has 2 unspecified atom stereocenters. The Balaban J connectivity index is 1.98. The summed E-state index contributed by atoms with van der Waals surface area (Å²) in [6, 6.07) is 12.0. The van der Waals surface area contributed by atoms with Crippen molar-refractivity contribution in [3.63, 3.8) is 0 Å². The topological polar surface area (TPSA) is 24.5 Å². The van der Waals surface area contributed by atoms with Crippen LogP contribution in [0.5, 0.6) is 0 Å². The zero-order valence-corrected chi connectivity index (χ0v) is 13.0. The number of nitrogens with zero attached hydrogens (tertiary/aromatic N) is 1. The molecule has 1 aliphatic heterocycles. The molecule has 0 radical (unpaired) electrons. The van der Waals surface area contributed by atoms with Gasteiger partial charge in [-0.25, -0.2) is 0 Å². The Labute approximate surface area is 123 Å². The highest BCUT2D eigenvalue weighted by Crippen LogP contribution is 2.16. The van der Waals surface area contributed by atoms with E-state index in [1.807, 2.05) is 0 Å². The molecule has 1 fully saturated rings. The Morgan fingerprint density at radius 1 is 1.30 bits per heavy atom. The molecular formula is C17H28N2O. The van der Waals surface area contributed by atoms with Crippen LogP contribution in [0.2, 0.25) is 0 Å². The van der Waals surface area contributed by atoms with Crippen LogP contribution in [0.1, 0.15) is 19.4 Å². The summed E-state index contributed by atoms with van der Waals surface area (Å²) in [6.07, 6.45) is 1.11. The van der Waals surface area contributed by atoms with Crippen LogP contribution in [0.4, 0.5) is 0 Å². The Morgan fingerprint density at radius 2 is 2.05 bits per heavy atom. The van der Waals surface area contributed by atoms with Gasteiger partial charge in [-0.3, -0.25) is 4.90 Å². The van der Waals surface area contributed by atoms with Gasteiger partial charge in [0, 0.05) is 38.8 Å². The van der Waals surface area contributed by atoms with E-state index in [2.05, 4.69) is 54.4 Å². The normalized spacial score (nSPS) is 24.2. The first kappa shape index (κ1) is 15.5. The summed E-state index contributed by atoms with van der Waals surface area (Å²) in [5.74, 6) is 0.678.